The third kappa shape index (κ3) is 3.65. The van der Waals surface area contributed by atoms with E-state index in [1.54, 1.807) is 12.1 Å². The van der Waals surface area contributed by atoms with Crippen LogP contribution in [0.2, 0.25) is 0 Å². The molecule has 2 rings (SSSR count). The Balaban J connectivity index is 2.05. The number of piperidine rings is 1. The zero-order chi connectivity index (χ0) is 16.1. The average Bonchev–Trinajstić information content (AvgIpc) is 2.54. The fourth-order valence-electron chi connectivity index (χ4n) is 2.88. The van der Waals surface area contributed by atoms with Gasteiger partial charge < -0.3 is 9.84 Å². The normalized spacial score (nSPS) is 17.9. The zero-order valence-electron chi connectivity index (χ0n) is 13.1. The molecule has 1 saturated heterocycles. The molecule has 0 bridgehead atoms. The second-order valence-electron chi connectivity index (χ2n) is 5.62. The molecule has 0 radical (unpaired) electrons. The summed E-state index contributed by atoms with van der Waals surface area (Å²) in [5.41, 5.74) is 0.595. The Morgan fingerprint density at radius 2 is 1.95 bits per heavy atom. The minimum Gasteiger partial charge on any atom is -0.493 e. The fourth-order valence-corrected chi connectivity index (χ4v) is 2.88. The number of Topliss-reactive ketones (excluding diaryl/α,β-unsaturated/α-hetero) is 1. The number of likely N-dealkylation sites (tertiary alicyclic amines) is 1. The number of para-hydroxylation sites is 1. The molecule has 0 aromatic heterocycles. The molecule has 0 amide bonds. The highest BCUT2D eigenvalue weighted by molar-refractivity contribution is 6.02. The van der Waals surface area contributed by atoms with Crippen molar-refractivity contribution in [2.24, 2.45) is 5.92 Å². The van der Waals surface area contributed by atoms with Gasteiger partial charge in [-0.05, 0) is 51.9 Å². The molecule has 1 aliphatic heterocycles. The quantitative estimate of drug-likeness (QED) is 0.818. The number of carbonyl (C=O) groups is 2. The molecule has 5 heteroatoms. The van der Waals surface area contributed by atoms with Crippen LogP contribution in [0.1, 0.15) is 37.0 Å². The standard InChI is InChI=1S/C17H23NO4/c1-3-22-15-7-5-4-6-14(15)16(19)12(2)18-10-8-13(9-11-18)17(20)21/h4-7,12-13H,3,8-11H2,1-2H3,(H,20,21). The summed E-state index contributed by atoms with van der Waals surface area (Å²) in [5.74, 6) is -0.380. The van der Waals surface area contributed by atoms with E-state index >= 15 is 0 Å². The summed E-state index contributed by atoms with van der Waals surface area (Å²) in [6, 6.07) is 7.01. The lowest BCUT2D eigenvalue weighted by molar-refractivity contribution is -0.143. The van der Waals surface area contributed by atoms with Gasteiger partial charge in [0.05, 0.1) is 24.1 Å². The highest BCUT2D eigenvalue weighted by Crippen LogP contribution is 2.24. The van der Waals surface area contributed by atoms with Gasteiger partial charge >= 0.3 is 5.97 Å². The van der Waals surface area contributed by atoms with E-state index in [9.17, 15) is 9.59 Å². The van der Waals surface area contributed by atoms with Crippen LogP contribution in [-0.4, -0.2) is 47.5 Å². The summed E-state index contributed by atoms with van der Waals surface area (Å²) in [6.07, 6.45) is 1.19. The van der Waals surface area contributed by atoms with Crippen molar-refractivity contribution in [1.29, 1.82) is 0 Å². The van der Waals surface area contributed by atoms with Gasteiger partial charge in [0.25, 0.3) is 0 Å². The smallest absolute Gasteiger partial charge is 0.306 e. The third-order valence-corrected chi connectivity index (χ3v) is 4.26. The van der Waals surface area contributed by atoms with Crippen LogP contribution in [0.25, 0.3) is 0 Å². The lowest BCUT2D eigenvalue weighted by Gasteiger charge is -2.34. The van der Waals surface area contributed by atoms with E-state index in [-0.39, 0.29) is 17.7 Å². The van der Waals surface area contributed by atoms with Gasteiger partial charge in [-0.1, -0.05) is 12.1 Å². The molecule has 1 fully saturated rings. The maximum atomic E-state index is 12.7. The molecule has 120 valence electrons. The van der Waals surface area contributed by atoms with Crippen molar-refractivity contribution in [2.45, 2.75) is 32.7 Å². The van der Waals surface area contributed by atoms with Gasteiger partial charge in [0.1, 0.15) is 5.75 Å². The number of carboxylic acid groups (broad SMARTS) is 1. The van der Waals surface area contributed by atoms with Crippen LogP contribution in [0, 0.1) is 5.92 Å². The molecule has 1 aliphatic rings. The second kappa shape index (κ2) is 7.40. The molecule has 0 spiro atoms. The Labute approximate surface area is 130 Å². The van der Waals surface area contributed by atoms with Crippen LogP contribution in [0.5, 0.6) is 5.75 Å². The molecular weight excluding hydrogens is 282 g/mol. The van der Waals surface area contributed by atoms with Crippen LogP contribution >= 0.6 is 0 Å². The number of hydrogen-bond acceptors (Lipinski definition) is 4. The Bertz CT molecular complexity index is 535. The highest BCUT2D eigenvalue weighted by Gasteiger charge is 2.30. The number of ether oxygens (including phenoxy) is 1. The number of nitrogens with zero attached hydrogens (tertiary/aromatic N) is 1. The van der Waals surface area contributed by atoms with Crippen molar-refractivity contribution in [3.63, 3.8) is 0 Å². The number of carbonyl (C=O) groups excluding carboxylic acids is 1. The minimum absolute atomic E-state index is 0.0258. The number of hydrogen-bond donors (Lipinski definition) is 1. The molecule has 1 unspecified atom stereocenters. The van der Waals surface area contributed by atoms with Gasteiger partial charge in [-0.3, -0.25) is 14.5 Å². The predicted molar refractivity (Wildman–Crippen MR) is 83.3 cm³/mol. The van der Waals surface area contributed by atoms with Gasteiger partial charge in [-0.25, -0.2) is 0 Å². The summed E-state index contributed by atoms with van der Waals surface area (Å²) in [4.78, 5) is 25.8. The van der Waals surface area contributed by atoms with Gasteiger partial charge in [0.2, 0.25) is 0 Å². The van der Waals surface area contributed by atoms with Crippen molar-refractivity contribution in [2.75, 3.05) is 19.7 Å². The Morgan fingerprint density at radius 3 is 2.55 bits per heavy atom. The predicted octanol–water partition coefficient (Wildman–Crippen LogP) is 2.45. The molecule has 1 atom stereocenters. The minimum atomic E-state index is -0.736. The first-order valence-corrected chi connectivity index (χ1v) is 7.77. The van der Waals surface area contributed by atoms with Crippen molar-refractivity contribution in [3.8, 4) is 5.75 Å². The molecule has 1 heterocycles. The molecular formula is C17H23NO4. The van der Waals surface area contributed by atoms with Crippen LogP contribution in [-0.2, 0) is 4.79 Å². The molecule has 1 aromatic carbocycles. The van der Waals surface area contributed by atoms with Crippen LogP contribution in [0.3, 0.4) is 0 Å². The van der Waals surface area contributed by atoms with E-state index in [1.807, 2.05) is 26.0 Å². The molecule has 1 N–H and O–H groups in total. The summed E-state index contributed by atoms with van der Waals surface area (Å²) < 4.78 is 5.53. The SMILES string of the molecule is CCOc1ccccc1C(=O)C(C)N1CCC(C(=O)O)CC1. The number of benzene rings is 1. The van der Waals surface area contributed by atoms with Gasteiger partial charge in [-0.15, -0.1) is 0 Å². The largest absolute Gasteiger partial charge is 0.493 e. The van der Waals surface area contributed by atoms with Gasteiger partial charge in [-0.2, -0.15) is 0 Å². The number of carboxylic acids is 1. The first kappa shape index (κ1) is 16.5. The average molecular weight is 305 g/mol. The molecule has 0 aliphatic carbocycles. The molecule has 5 nitrogen and oxygen atoms in total. The van der Waals surface area contributed by atoms with Gasteiger partial charge in [0, 0.05) is 0 Å². The van der Waals surface area contributed by atoms with E-state index in [0.29, 0.717) is 43.9 Å². The van der Waals surface area contributed by atoms with E-state index in [4.69, 9.17) is 9.84 Å². The summed E-state index contributed by atoms with van der Waals surface area (Å²) in [5, 5.41) is 9.04. The Hall–Kier alpha value is -1.88. The van der Waals surface area contributed by atoms with Crippen LogP contribution in [0.4, 0.5) is 0 Å². The summed E-state index contributed by atoms with van der Waals surface area (Å²) in [7, 11) is 0. The first-order chi connectivity index (χ1) is 10.5. The molecule has 1 aromatic rings. The summed E-state index contributed by atoms with van der Waals surface area (Å²) in [6.45, 7) is 5.57. The van der Waals surface area contributed by atoms with Crippen LogP contribution < -0.4 is 4.74 Å². The lowest BCUT2D eigenvalue weighted by Crippen LogP contribution is -2.45. The number of rotatable bonds is 6. The molecule has 22 heavy (non-hydrogen) atoms. The maximum Gasteiger partial charge on any atom is 0.306 e. The van der Waals surface area contributed by atoms with E-state index in [0.717, 1.165) is 0 Å². The summed E-state index contributed by atoms with van der Waals surface area (Å²) >= 11 is 0. The zero-order valence-corrected chi connectivity index (χ0v) is 13.1. The van der Waals surface area contributed by atoms with E-state index in [2.05, 4.69) is 4.90 Å². The Kier molecular flexibility index (Phi) is 5.55. The lowest BCUT2D eigenvalue weighted by atomic mass is 9.94. The highest BCUT2D eigenvalue weighted by atomic mass is 16.5. The monoisotopic (exact) mass is 305 g/mol. The van der Waals surface area contributed by atoms with Crippen LogP contribution in [0.15, 0.2) is 24.3 Å². The maximum absolute atomic E-state index is 12.7. The number of aliphatic carboxylic acids is 1. The number of ketones is 1. The van der Waals surface area contributed by atoms with Crippen molar-refractivity contribution >= 4 is 11.8 Å². The Morgan fingerprint density at radius 1 is 1.32 bits per heavy atom. The van der Waals surface area contributed by atoms with E-state index < -0.39 is 5.97 Å². The van der Waals surface area contributed by atoms with E-state index in [1.165, 1.54) is 0 Å². The van der Waals surface area contributed by atoms with Crippen molar-refractivity contribution in [1.82, 2.24) is 4.90 Å². The fraction of sp³-hybridized carbons (Fsp3) is 0.529. The van der Waals surface area contributed by atoms with Crippen molar-refractivity contribution < 1.29 is 19.4 Å². The first-order valence-electron chi connectivity index (χ1n) is 7.77. The topological polar surface area (TPSA) is 66.8 Å². The van der Waals surface area contributed by atoms with Gasteiger partial charge in [0.15, 0.2) is 5.78 Å². The molecule has 0 saturated carbocycles. The second-order valence-corrected chi connectivity index (χ2v) is 5.62. The third-order valence-electron chi connectivity index (χ3n) is 4.26. The van der Waals surface area contributed by atoms with Crippen molar-refractivity contribution in [3.05, 3.63) is 29.8 Å².